The third kappa shape index (κ3) is 5.28. The summed E-state index contributed by atoms with van der Waals surface area (Å²) in [5, 5.41) is 0. The molecule has 2 aromatic carbocycles. The normalized spacial score (nSPS) is 11.7. The van der Waals surface area contributed by atoms with Crippen molar-refractivity contribution in [3.8, 4) is 5.75 Å². The number of Topliss-reactive ketones (excluding diaryl/α,β-unsaturated/α-hetero) is 1. The van der Waals surface area contributed by atoms with Gasteiger partial charge in [-0.15, -0.1) is 0 Å². The maximum atomic E-state index is 12.9. The highest BCUT2D eigenvalue weighted by Gasteiger charge is 2.18. The Morgan fingerprint density at radius 1 is 1.00 bits per heavy atom. The molecule has 0 aliphatic carbocycles. The molecule has 0 saturated carbocycles. The smallest absolute Gasteiger partial charge is 0.233 e. The molecule has 0 aliphatic rings. The number of rotatable bonds is 9. The van der Waals surface area contributed by atoms with Crippen LogP contribution in [-0.4, -0.2) is 35.2 Å². The minimum Gasteiger partial charge on any atom is -0.493 e. The Bertz CT molecular complexity index is 1360. The summed E-state index contributed by atoms with van der Waals surface area (Å²) in [7, 11) is -3.63. The van der Waals surface area contributed by atoms with E-state index in [4.69, 9.17) is 4.74 Å². The summed E-state index contributed by atoms with van der Waals surface area (Å²) >= 11 is 0. The number of fused-ring (bicyclic) bond motifs is 1. The molecule has 0 N–H and O–H groups in total. The van der Waals surface area contributed by atoms with Crippen LogP contribution in [0, 0.1) is 5.92 Å². The van der Waals surface area contributed by atoms with E-state index in [9.17, 15) is 13.2 Å². The Balaban J connectivity index is 1.40. The van der Waals surface area contributed by atoms with Gasteiger partial charge in [-0.25, -0.2) is 18.4 Å². The molecule has 8 heteroatoms. The van der Waals surface area contributed by atoms with Crippen molar-refractivity contribution in [1.29, 1.82) is 0 Å². The van der Waals surface area contributed by atoms with Gasteiger partial charge in [0.05, 0.1) is 22.0 Å². The number of nitrogens with zero attached hydrogens (tertiary/aromatic N) is 3. The van der Waals surface area contributed by atoms with Crippen molar-refractivity contribution in [2.45, 2.75) is 36.5 Å². The maximum Gasteiger partial charge on any atom is 0.233 e. The van der Waals surface area contributed by atoms with E-state index in [1.807, 2.05) is 0 Å². The summed E-state index contributed by atoms with van der Waals surface area (Å²) in [6.07, 6.45) is 7.41. The summed E-state index contributed by atoms with van der Waals surface area (Å²) in [5.74, 6) is 1.54. The second-order valence-electron chi connectivity index (χ2n) is 8.22. The van der Waals surface area contributed by atoms with Gasteiger partial charge in [0.15, 0.2) is 5.78 Å². The number of aromatic nitrogens is 3. The average Bonchev–Trinajstić information content (AvgIpc) is 3.30. The molecule has 0 radical (unpaired) electrons. The number of imidazole rings is 1. The van der Waals surface area contributed by atoms with E-state index in [0.29, 0.717) is 42.5 Å². The predicted octanol–water partition coefficient (Wildman–Crippen LogP) is 4.41. The molecule has 0 bridgehead atoms. The third-order valence-corrected chi connectivity index (χ3v) is 6.94. The second-order valence-corrected chi connectivity index (χ2v) is 10.2. The number of ketones is 1. The highest BCUT2D eigenvalue weighted by atomic mass is 32.2. The summed E-state index contributed by atoms with van der Waals surface area (Å²) in [5.41, 5.74) is 1.40. The van der Waals surface area contributed by atoms with Gasteiger partial charge in [0.25, 0.3) is 0 Å². The zero-order chi connectivity index (χ0) is 23.4. The quantitative estimate of drug-likeness (QED) is 0.342. The number of hydrogen-bond donors (Lipinski definition) is 0. The van der Waals surface area contributed by atoms with E-state index in [0.717, 1.165) is 5.56 Å². The van der Waals surface area contributed by atoms with E-state index in [1.54, 1.807) is 71.5 Å². The van der Waals surface area contributed by atoms with Crippen LogP contribution in [0.4, 0.5) is 0 Å². The van der Waals surface area contributed by atoms with Gasteiger partial charge in [-0.05, 0) is 54.3 Å². The van der Waals surface area contributed by atoms with Crippen LogP contribution in [0.3, 0.4) is 0 Å². The van der Waals surface area contributed by atoms with Crippen LogP contribution >= 0.6 is 0 Å². The third-order valence-electron chi connectivity index (χ3n) is 5.16. The van der Waals surface area contributed by atoms with E-state index in [2.05, 4.69) is 23.8 Å². The fourth-order valence-corrected chi connectivity index (χ4v) is 4.57. The molecule has 33 heavy (non-hydrogen) atoms. The van der Waals surface area contributed by atoms with Crippen molar-refractivity contribution in [3.05, 3.63) is 84.4 Å². The van der Waals surface area contributed by atoms with Crippen LogP contribution in [-0.2, 0) is 16.3 Å². The largest absolute Gasteiger partial charge is 0.493 e. The predicted molar refractivity (Wildman–Crippen MR) is 124 cm³/mol. The number of ether oxygens (including phenoxy) is 1. The monoisotopic (exact) mass is 463 g/mol. The fourth-order valence-electron chi connectivity index (χ4n) is 3.31. The van der Waals surface area contributed by atoms with E-state index >= 15 is 0 Å². The molecule has 7 nitrogen and oxygen atoms in total. The molecule has 4 rings (SSSR count). The van der Waals surface area contributed by atoms with Crippen molar-refractivity contribution < 1.29 is 17.9 Å². The first-order valence-corrected chi connectivity index (χ1v) is 12.2. The summed E-state index contributed by atoms with van der Waals surface area (Å²) < 4.78 is 33.2. The van der Waals surface area contributed by atoms with Crippen LogP contribution < -0.4 is 4.74 Å². The topological polar surface area (TPSA) is 90.6 Å². The average molecular weight is 464 g/mol. The van der Waals surface area contributed by atoms with E-state index in [-0.39, 0.29) is 15.6 Å². The van der Waals surface area contributed by atoms with Crippen LogP contribution in [0.25, 0.3) is 5.78 Å². The van der Waals surface area contributed by atoms with Gasteiger partial charge in [0, 0.05) is 31.2 Å². The Morgan fingerprint density at radius 2 is 1.67 bits per heavy atom. The van der Waals surface area contributed by atoms with E-state index in [1.165, 1.54) is 6.20 Å². The van der Waals surface area contributed by atoms with Crippen LogP contribution in [0.5, 0.6) is 5.75 Å². The Hall–Kier alpha value is -3.52. The number of aryl methyl sites for hydroxylation is 1. The molecule has 170 valence electrons. The number of carbonyl (C=O) groups excluding carboxylic acids is 1. The maximum absolute atomic E-state index is 12.9. The zero-order valence-electron chi connectivity index (χ0n) is 18.5. The standard InChI is InChI=1S/C25H25N3O4S/c1-18(2)17-32-21-6-10-23(11-7-21)33(30,31)22-8-3-19(4-9-22)5-12-24(29)20-15-27-25-26-13-14-28(25)16-20/h3-4,6-11,13-16,18H,5,12,17H2,1-2H3. The lowest BCUT2D eigenvalue weighted by Crippen LogP contribution is -2.06. The summed E-state index contributed by atoms with van der Waals surface area (Å²) in [4.78, 5) is 21.2. The first-order chi connectivity index (χ1) is 15.8. The molecule has 2 heterocycles. The lowest BCUT2D eigenvalue weighted by molar-refractivity contribution is 0.0982. The number of sulfone groups is 1. The molecule has 4 aromatic rings. The van der Waals surface area contributed by atoms with Crippen LogP contribution in [0.1, 0.15) is 36.2 Å². The Labute approximate surface area is 193 Å². The van der Waals surface area contributed by atoms with Crippen molar-refractivity contribution in [2.24, 2.45) is 5.92 Å². The van der Waals surface area contributed by atoms with Gasteiger partial charge in [-0.2, -0.15) is 0 Å². The molecule has 0 aliphatic heterocycles. The zero-order valence-corrected chi connectivity index (χ0v) is 19.3. The Kier molecular flexibility index (Phi) is 6.55. The summed E-state index contributed by atoms with van der Waals surface area (Å²) in [6, 6.07) is 13.1. The second kappa shape index (κ2) is 9.54. The van der Waals surface area contributed by atoms with Gasteiger partial charge >= 0.3 is 0 Å². The van der Waals surface area contributed by atoms with E-state index < -0.39 is 9.84 Å². The first-order valence-electron chi connectivity index (χ1n) is 10.7. The highest BCUT2D eigenvalue weighted by molar-refractivity contribution is 7.91. The minimum absolute atomic E-state index is 0.0328. The number of benzene rings is 2. The van der Waals surface area contributed by atoms with Gasteiger partial charge in [-0.1, -0.05) is 26.0 Å². The first kappa shape index (κ1) is 22.7. The summed E-state index contributed by atoms with van der Waals surface area (Å²) in [6.45, 7) is 4.68. The molecule has 0 unspecified atom stereocenters. The molecule has 0 spiro atoms. The highest BCUT2D eigenvalue weighted by Crippen LogP contribution is 2.24. The lowest BCUT2D eigenvalue weighted by Gasteiger charge is -2.10. The van der Waals surface area contributed by atoms with Crippen molar-refractivity contribution in [3.63, 3.8) is 0 Å². The number of hydrogen-bond acceptors (Lipinski definition) is 6. The number of carbonyl (C=O) groups is 1. The van der Waals surface area contributed by atoms with Crippen LogP contribution in [0.15, 0.2) is 83.1 Å². The minimum atomic E-state index is -3.63. The molecule has 0 saturated heterocycles. The van der Waals surface area contributed by atoms with Crippen molar-refractivity contribution >= 4 is 21.4 Å². The molecule has 0 fully saturated rings. The lowest BCUT2D eigenvalue weighted by atomic mass is 10.0. The molecule has 0 amide bonds. The molecule has 0 atom stereocenters. The van der Waals surface area contributed by atoms with Gasteiger partial charge in [-0.3, -0.25) is 9.20 Å². The van der Waals surface area contributed by atoms with Gasteiger partial charge < -0.3 is 4.74 Å². The van der Waals surface area contributed by atoms with Gasteiger partial charge in [0.2, 0.25) is 15.6 Å². The van der Waals surface area contributed by atoms with Crippen molar-refractivity contribution in [1.82, 2.24) is 14.4 Å². The van der Waals surface area contributed by atoms with Crippen molar-refractivity contribution in [2.75, 3.05) is 6.61 Å². The van der Waals surface area contributed by atoms with Crippen LogP contribution in [0.2, 0.25) is 0 Å². The molecular weight excluding hydrogens is 438 g/mol. The Morgan fingerprint density at radius 3 is 2.33 bits per heavy atom. The molecular formula is C25H25N3O4S. The fraction of sp³-hybridized carbons (Fsp3) is 0.240. The molecule has 2 aromatic heterocycles. The van der Waals surface area contributed by atoms with Gasteiger partial charge in [0.1, 0.15) is 5.75 Å². The SMILES string of the molecule is CC(C)COc1ccc(S(=O)(=O)c2ccc(CCC(=O)c3cnc4nccn4c3)cc2)cc1.